The Morgan fingerprint density at radius 1 is 0.933 bits per heavy atom. The third-order valence-corrected chi connectivity index (χ3v) is 6.81. The predicted molar refractivity (Wildman–Crippen MR) is 117 cm³/mol. The monoisotopic (exact) mass is 408 g/mol. The summed E-state index contributed by atoms with van der Waals surface area (Å²) in [5.41, 5.74) is 5.42. The first kappa shape index (κ1) is 21.1. The summed E-state index contributed by atoms with van der Waals surface area (Å²) in [6, 6.07) is 14.0. The summed E-state index contributed by atoms with van der Waals surface area (Å²) >= 11 is 0. The highest BCUT2D eigenvalue weighted by Gasteiger charge is 2.45. The molecule has 0 N–H and O–H groups in total. The van der Waals surface area contributed by atoms with Crippen LogP contribution >= 0.6 is 0 Å². The van der Waals surface area contributed by atoms with Crippen molar-refractivity contribution in [3.63, 3.8) is 0 Å². The number of carbonyl (C=O) groups excluding carboxylic acids is 1. The van der Waals surface area contributed by atoms with Crippen LogP contribution in [0.1, 0.15) is 80.1 Å². The van der Waals surface area contributed by atoms with E-state index >= 15 is 0 Å². The van der Waals surface area contributed by atoms with E-state index in [1.165, 1.54) is 24.7 Å². The van der Waals surface area contributed by atoms with Crippen molar-refractivity contribution in [3.8, 4) is 0 Å². The van der Waals surface area contributed by atoms with Crippen LogP contribution in [0.4, 0.5) is 0 Å². The number of carbonyl (C=O) groups is 1. The maximum absolute atomic E-state index is 11.9. The molecule has 0 saturated carbocycles. The quantitative estimate of drug-likeness (QED) is 0.633. The van der Waals surface area contributed by atoms with E-state index in [9.17, 15) is 4.79 Å². The second-order valence-electron chi connectivity index (χ2n) is 9.95. The molecule has 2 unspecified atom stereocenters. The number of fused-ring (bicyclic) bond motifs is 1. The Kier molecular flexibility index (Phi) is 5.06. The Labute approximate surface area is 179 Å². The Hall–Kier alpha value is -2.17. The van der Waals surface area contributed by atoms with E-state index < -0.39 is 5.79 Å². The van der Waals surface area contributed by atoms with Gasteiger partial charge in [0.1, 0.15) is 0 Å². The van der Waals surface area contributed by atoms with Crippen LogP contribution in [-0.2, 0) is 30.8 Å². The van der Waals surface area contributed by atoms with E-state index in [1.54, 1.807) is 12.1 Å². The lowest BCUT2D eigenvalue weighted by molar-refractivity contribution is -0.140. The van der Waals surface area contributed by atoms with Gasteiger partial charge >= 0.3 is 5.97 Å². The Bertz CT molecular complexity index is 957. The number of benzene rings is 2. The van der Waals surface area contributed by atoms with Gasteiger partial charge in [-0.25, -0.2) is 4.79 Å². The number of methoxy groups -OCH3 is 1. The maximum atomic E-state index is 11.9. The van der Waals surface area contributed by atoms with Crippen molar-refractivity contribution in [1.82, 2.24) is 0 Å². The Balaban J connectivity index is 1.84. The molecule has 4 heteroatoms. The molecule has 4 rings (SSSR count). The van der Waals surface area contributed by atoms with Crippen molar-refractivity contribution in [1.29, 1.82) is 0 Å². The summed E-state index contributed by atoms with van der Waals surface area (Å²) in [5, 5.41) is 0. The first-order chi connectivity index (χ1) is 14.1. The van der Waals surface area contributed by atoms with Gasteiger partial charge in [0.15, 0.2) is 0 Å². The van der Waals surface area contributed by atoms with Crippen molar-refractivity contribution in [2.24, 2.45) is 0 Å². The smallest absolute Gasteiger partial charge is 0.337 e. The number of ether oxygens (including phenoxy) is 3. The largest absolute Gasteiger partial charge is 0.465 e. The van der Waals surface area contributed by atoms with E-state index in [2.05, 4.69) is 45.9 Å². The molecule has 0 spiro atoms. The van der Waals surface area contributed by atoms with Crippen LogP contribution in [0.3, 0.4) is 0 Å². The minimum atomic E-state index is -0.971. The lowest BCUT2D eigenvalue weighted by atomic mass is 9.62. The molecule has 1 heterocycles. The SMILES string of the molecule is COC(=O)c1ccc(C2(c3ccc4c(c3)C(C)(C)CCC4(C)C)OCC(C)O2)cc1. The van der Waals surface area contributed by atoms with Gasteiger partial charge in [-0.15, -0.1) is 0 Å². The summed E-state index contributed by atoms with van der Waals surface area (Å²) < 4.78 is 17.6. The number of esters is 1. The van der Waals surface area contributed by atoms with Crippen LogP contribution in [0.15, 0.2) is 42.5 Å². The summed E-state index contributed by atoms with van der Waals surface area (Å²) in [7, 11) is 1.39. The highest BCUT2D eigenvalue weighted by molar-refractivity contribution is 5.89. The van der Waals surface area contributed by atoms with Crippen molar-refractivity contribution in [2.45, 2.75) is 70.2 Å². The fraction of sp³-hybridized carbons (Fsp3) is 0.500. The molecule has 2 aromatic rings. The number of rotatable bonds is 3. The van der Waals surface area contributed by atoms with Crippen LogP contribution in [0, 0.1) is 0 Å². The third-order valence-electron chi connectivity index (χ3n) is 6.81. The van der Waals surface area contributed by atoms with Crippen molar-refractivity contribution in [2.75, 3.05) is 13.7 Å². The van der Waals surface area contributed by atoms with Gasteiger partial charge in [0.2, 0.25) is 5.79 Å². The van der Waals surface area contributed by atoms with Crippen LogP contribution < -0.4 is 0 Å². The minimum Gasteiger partial charge on any atom is -0.465 e. The lowest BCUT2D eigenvalue weighted by Gasteiger charge is -2.42. The van der Waals surface area contributed by atoms with Gasteiger partial charge in [-0.2, -0.15) is 0 Å². The molecule has 0 radical (unpaired) electrons. The number of hydrogen-bond donors (Lipinski definition) is 0. The molecule has 4 nitrogen and oxygen atoms in total. The zero-order valence-corrected chi connectivity index (χ0v) is 18.9. The molecule has 160 valence electrons. The zero-order chi connectivity index (χ0) is 21.7. The fourth-order valence-corrected chi connectivity index (χ4v) is 4.79. The van der Waals surface area contributed by atoms with E-state index in [0.29, 0.717) is 12.2 Å². The first-order valence-corrected chi connectivity index (χ1v) is 10.8. The Morgan fingerprint density at radius 3 is 2.10 bits per heavy atom. The second-order valence-corrected chi connectivity index (χ2v) is 9.95. The number of hydrogen-bond acceptors (Lipinski definition) is 4. The van der Waals surface area contributed by atoms with Gasteiger partial charge in [0.05, 0.1) is 25.4 Å². The standard InChI is InChI=1S/C26H32O4/c1-17-16-29-26(30-17,19-9-7-18(8-10-19)23(27)28-6)20-11-12-21-22(15-20)25(4,5)14-13-24(21,2)3/h7-12,15,17H,13-14,16H2,1-6H3. The van der Waals surface area contributed by atoms with E-state index in [4.69, 9.17) is 14.2 Å². The predicted octanol–water partition coefficient (Wildman–Crippen LogP) is 5.46. The molecule has 2 aromatic carbocycles. The van der Waals surface area contributed by atoms with Crippen LogP contribution in [0.25, 0.3) is 0 Å². The topological polar surface area (TPSA) is 44.8 Å². The fourth-order valence-electron chi connectivity index (χ4n) is 4.79. The highest BCUT2D eigenvalue weighted by Crippen LogP contribution is 2.48. The van der Waals surface area contributed by atoms with Gasteiger partial charge in [-0.3, -0.25) is 0 Å². The molecule has 1 aliphatic heterocycles. The first-order valence-electron chi connectivity index (χ1n) is 10.8. The van der Waals surface area contributed by atoms with Crippen LogP contribution in [0.2, 0.25) is 0 Å². The maximum Gasteiger partial charge on any atom is 0.337 e. The summed E-state index contributed by atoms with van der Waals surface area (Å²) in [6.07, 6.45) is 2.30. The Morgan fingerprint density at radius 2 is 1.53 bits per heavy atom. The van der Waals surface area contributed by atoms with Gasteiger partial charge < -0.3 is 14.2 Å². The summed E-state index contributed by atoms with van der Waals surface area (Å²) in [4.78, 5) is 11.9. The van der Waals surface area contributed by atoms with E-state index in [1.807, 2.05) is 19.1 Å². The molecule has 0 bridgehead atoms. The molecule has 1 fully saturated rings. The van der Waals surface area contributed by atoms with Gasteiger partial charge in [-0.1, -0.05) is 52.0 Å². The average Bonchev–Trinajstić information content (AvgIpc) is 3.14. The van der Waals surface area contributed by atoms with Crippen molar-refractivity contribution in [3.05, 3.63) is 70.3 Å². The van der Waals surface area contributed by atoms with Gasteiger partial charge in [-0.05, 0) is 59.9 Å². The molecule has 0 aromatic heterocycles. The summed E-state index contributed by atoms with van der Waals surface area (Å²) in [5.74, 6) is -1.32. The molecule has 2 aliphatic rings. The molecule has 2 atom stereocenters. The molecular formula is C26H32O4. The van der Waals surface area contributed by atoms with Crippen molar-refractivity contribution >= 4 is 5.97 Å². The normalized spacial score (nSPS) is 26.8. The van der Waals surface area contributed by atoms with E-state index in [-0.39, 0.29) is 22.9 Å². The van der Waals surface area contributed by atoms with Gasteiger partial charge in [0, 0.05) is 11.1 Å². The van der Waals surface area contributed by atoms with Crippen LogP contribution in [0.5, 0.6) is 0 Å². The van der Waals surface area contributed by atoms with Gasteiger partial charge in [0.25, 0.3) is 0 Å². The summed E-state index contributed by atoms with van der Waals surface area (Å²) in [6.45, 7) is 11.8. The minimum absolute atomic E-state index is 0.0224. The molecule has 30 heavy (non-hydrogen) atoms. The van der Waals surface area contributed by atoms with Crippen molar-refractivity contribution < 1.29 is 19.0 Å². The highest BCUT2D eigenvalue weighted by atomic mass is 16.7. The molecule has 0 amide bonds. The third kappa shape index (κ3) is 3.36. The molecule has 1 saturated heterocycles. The zero-order valence-electron chi connectivity index (χ0n) is 18.9. The average molecular weight is 409 g/mol. The van der Waals surface area contributed by atoms with E-state index in [0.717, 1.165) is 17.5 Å². The molecule has 1 aliphatic carbocycles. The van der Waals surface area contributed by atoms with Crippen LogP contribution in [-0.4, -0.2) is 25.8 Å². The molecular weight excluding hydrogens is 376 g/mol. The lowest BCUT2D eigenvalue weighted by Crippen LogP contribution is -2.35. The second kappa shape index (κ2) is 7.21.